The number of hydrogen-bond acceptors (Lipinski definition) is 2. The summed E-state index contributed by atoms with van der Waals surface area (Å²) in [4.78, 5) is 11.8. The number of urea groups is 1. The van der Waals surface area contributed by atoms with Crippen molar-refractivity contribution >= 4 is 17.6 Å². The molecular weight excluding hydrogens is 288 g/mol. The van der Waals surface area contributed by atoms with E-state index in [2.05, 4.69) is 10.6 Å². The second-order valence-electron chi connectivity index (χ2n) is 4.55. The Bertz CT molecular complexity index is 617. The number of halogens is 1. The van der Waals surface area contributed by atoms with Crippen molar-refractivity contribution in [3.8, 4) is 0 Å². The standard InChI is InChI=1S/C16H17ClN2O2/c17-15-8-4-3-6-13(15)10-19-16(21)18-9-12-5-1-2-7-14(12)11-20/h1-8,20H,9-11H2,(H2,18,19,21). The molecule has 0 spiro atoms. The molecule has 2 rings (SSSR count). The molecule has 0 saturated heterocycles. The molecule has 5 heteroatoms. The zero-order chi connectivity index (χ0) is 15.1. The van der Waals surface area contributed by atoms with Crippen LogP contribution in [-0.2, 0) is 19.7 Å². The summed E-state index contributed by atoms with van der Waals surface area (Å²) in [7, 11) is 0. The Morgan fingerprint density at radius 3 is 2.05 bits per heavy atom. The molecular formula is C16H17ClN2O2. The van der Waals surface area contributed by atoms with Gasteiger partial charge in [-0.1, -0.05) is 54.1 Å². The molecule has 0 radical (unpaired) electrons. The summed E-state index contributed by atoms with van der Waals surface area (Å²) in [5.41, 5.74) is 2.57. The smallest absolute Gasteiger partial charge is 0.315 e. The van der Waals surface area contributed by atoms with Crippen molar-refractivity contribution < 1.29 is 9.90 Å². The van der Waals surface area contributed by atoms with Crippen LogP contribution in [0.25, 0.3) is 0 Å². The predicted octanol–water partition coefficient (Wildman–Crippen LogP) is 2.83. The molecule has 2 aromatic rings. The first-order chi connectivity index (χ1) is 10.2. The van der Waals surface area contributed by atoms with Gasteiger partial charge in [-0.25, -0.2) is 4.79 Å². The van der Waals surface area contributed by atoms with Crippen LogP contribution in [0.2, 0.25) is 5.02 Å². The third-order valence-corrected chi connectivity index (χ3v) is 3.49. The quantitative estimate of drug-likeness (QED) is 0.795. The minimum atomic E-state index is -0.275. The number of aliphatic hydroxyl groups excluding tert-OH is 1. The number of rotatable bonds is 5. The highest BCUT2D eigenvalue weighted by molar-refractivity contribution is 6.31. The molecule has 0 aliphatic carbocycles. The van der Waals surface area contributed by atoms with Crippen molar-refractivity contribution in [3.63, 3.8) is 0 Å². The highest BCUT2D eigenvalue weighted by Gasteiger charge is 2.05. The van der Waals surface area contributed by atoms with Gasteiger partial charge in [-0.2, -0.15) is 0 Å². The number of benzene rings is 2. The van der Waals surface area contributed by atoms with E-state index in [1.165, 1.54) is 0 Å². The fraction of sp³-hybridized carbons (Fsp3) is 0.188. The van der Waals surface area contributed by atoms with Crippen molar-refractivity contribution in [2.24, 2.45) is 0 Å². The van der Waals surface area contributed by atoms with Crippen LogP contribution in [-0.4, -0.2) is 11.1 Å². The first kappa shape index (κ1) is 15.4. The van der Waals surface area contributed by atoms with E-state index in [4.69, 9.17) is 11.6 Å². The Kier molecular flexibility index (Phi) is 5.60. The minimum Gasteiger partial charge on any atom is -0.392 e. The molecule has 0 atom stereocenters. The summed E-state index contributed by atoms with van der Waals surface area (Å²) in [5.74, 6) is 0. The molecule has 3 N–H and O–H groups in total. The first-order valence-electron chi connectivity index (χ1n) is 6.63. The normalized spacial score (nSPS) is 10.2. The summed E-state index contributed by atoms with van der Waals surface area (Å²) in [6.07, 6.45) is 0. The third-order valence-electron chi connectivity index (χ3n) is 3.13. The summed E-state index contributed by atoms with van der Waals surface area (Å²) in [6, 6.07) is 14.5. The Labute approximate surface area is 128 Å². The molecule has 110 valence electrons. The summed E-state index contributed by atoms with van der Waals surface area (Å²) < 4.78 is 0. The van der Waals surface area contributed by atoms with Crippen LogP contribution in [0.15, 0.2) is 48.5 Å². The van der Waals surface area contributed by atoms with Gasteiger partial charge in [-0.3, -0.25) is 0 Å². The van der Waals surface area contributed by atoms with Crippen molar-refractivity contribution in [2.75, 3.05) is 0 Å². The van der Waals surface area contributed by atoms with E-state index < -0.39 is 0 Å². The van der Waals surface area contributed by atoms with E-state index in [1.54, 1.807) is 6.07 Å². The molecule has 4 nitrogen and oxygen atoms in total. The number of amides is 2. The maximum atomic E-state index is 11.8. The number of aliphatic hydroxyl groups is 1. The molecule has 0 saturated carbocycles. The zero-order valence-electron chi connectivity index (χ0n) is 11.5. The van der Waals surface area contributed by atoms with Gasteiger partial charge in [0, 0.05) is 18.1 Å². The van der Waals surface area contributed by atoms with Crippen LogP contribution >= 0.6 is 11.6 Å². The predicted molar refractivity (Wildman–Crippen MR) is 82.9 cm³/mol. The zero-order valence-corrected chi connectivity index (χ0v) is 12.2. The van der Waals surface area contributed by atoms with Crippen molar-refractivity contribution in [1.29, 1.82) is 0 Å². The lowest BCUT2D eigenvalue weighted by atomic mass is 10.1. The summed E-state index contributed by atoms with van der Waals surface area (Å²) in [5, 5.41) is 15.4. The van der Waals surface area contributed by atoms with Gasteiger partial charge in [0.2, 0.25) is 0 Å². The fourth-order valence-electron chi connectivity index (χ4n) is 1.94. The van der Waals surface area contributed by atoms with Crippen molar-refractivity contribution in [3.05, 3.63) is 70.2 Å². The average Bonchev–Trinajstić information content (AvgIpc) is 2.52. The van der Waals surface area contributed by atoms with Gasteiger partial charge in [0.15, 0.2) is 0 Å². The average molecular weight is 305 g/mol. The van der Waals surface area contributed by atoms with E-state index in [9.17, 15) is 9.90 Å². The van der Waals surface area contributed by atoms with Gasteiger partial charge in [0.25, 0.3) is 0 Å². The van der Waals surface area contributed by atoms with Gasteiger partial charge in [0.05, 0.1) is 6.61 Å². The molecule has 0 fully saturated rings. The largest absolute Gasteiger partial charge is 0.392 e. The van der Waals surface area contributed by atoms with Gasteiger partial charge in [-0.05, 0) is 22.8 Å². The lowest BCUT2D eigenvalue weighted by Crippen LogP contribution is -2.34. The number of nitrogens with one attached hydrogen (secondary N) is 2. The summed E-state index contributed by atoms with van der Waals surface area (Å²) >= 11 is 6.02. The number of carbonyl (C=O) groups excluding carboxylic acids is 1. The van der Waals surface area contributed by atoms with E-state index >= 15 is 0 Å². The second-order valence-corrected chi connectivity index (χ2v) is 4.96. The second kappa shape index (κ2) is 7.67. The van der Waals surface area contributed by atoms with Crippen LogP contribution in [0.3, 0.4) is 0 Å². The number of hydrogen-bond donors (Lipinski definition) is 3. The molecule has 2 amide bonds. The lowest BCUT2D eigenvalue weighted by molar-refractivity contribution is 0.240. The van der Waals surface area contributed by atoms with E-state index in [0.717, 1.165) is 16.7 Å². The maximum absolute atomic E-state index is 11.8. The third kappa shape index (κ3) is 4.48. The molecule has 0 aromatic heterocycles. The molecule has 21 heavy (non-hydrogen) atoms. The van der Waals surface area contributed by atoms with Crippen LogP contribution in [0.1, 0.15) is 16.7 Å². The minimum absolute atomic E-state index is 0.0426. The van der Waals surface area contributed by atoms with Crippen molar-refractivity contribution in [2.45, 2.75) is 19.7 Å². The van der Waals surface area contributed by atoms with Gasteiger partial charge in [-0.15, -0.1) is 0 Å². The molecule has 0 bridgehead atoms. The SMILES string of the molecule is O=C(NCc1ccccc1Cl)NCc1ccccc1CO. The Balaban J connectivity index is 1.84. The summed E-state index contributed by atoms with van der Waals surface area (Å²) in [6.45, 7) is 0.692. The van der Waals surface area contributed by atoms with E-state index in [1.807, 2.05) is 42.5 Å². The van der Waals surface area contributed by atoms with Gasteiger partial charge < -0.3 is 15.7 Å². The monoisotopic (exact) mass is 304 g/mol. The molecule has 0 aliphatic heterocycles. The molecule has 2 aromatic carbocycles. The number of carbonyl (C=O) groups is 1. The van der Waals surface area contributed by atoms with Crippen LogP contribution in [0, 0.1) is 0 Å². The lowest BCUT2D eigenvalue weighted by Gasteiger charge is -2.10. The Hall–Kier alpha value is -2.04. The van der Waals surface area contributed by atoms with Crippen molar-refractivity contribution in [1.82, 2.24) is 10.6 Å². The van der Waals surface area contributed by atoms with Crippen LogP contribution in [0.5, 0.6) is 0 Å². The van der Waals surface area contributed by atoms with E-state index in [-0.39, 0.29) is 12.6 Å². The fourth-order valence-corrected chi connectivity index (χ4v) is 2.14. The highest BCUT2D eigenvalue weighted by atomic mass is 35.5. The first-order valence-corrected chi connectivity index (χ1v) is 7.01. The molecule has 0 unspecified atom stereocenters. The molecule has 0 heterocycles. The van der Waals surface area contributed by atoms with Crippen LogP contribution in [0.4, 0.5) is 4.79 Å². The molecule has 0 aliphatic rings. The maximum Gasteiger partial charge on any atom is 0.315 e. The van der Waals surface area contributed by atoms with Crippen LogP contribution < -0.4 is 10.6 Å². The van der Waals surface area contributed by atoms with Gasteiger partial charge in [0.1, 0.15) is 0 Å². The Morgan fingerprint density at radius 1 is 0.905 bits per heavy atom. The van der Waals surface area contributed by atoms with Gasteiger partial charge >= 0.3 is 6.03 Å². The topological polar surface area (TPSA) is 61.4 Å². The highest BCUT2D eigenvalue weighted by Crippen LogP contribution is 2.14. The Morgan fingerprint density at radius 2 is 1.43 bits per heavy atom. The van der Waals surface area contributed by atoms with E-state index in [0.29, 0.717) is 18.1 Å².